The Balaban J connectivity index is 1.88. The van der Waals surface area contributed by atoms with Crippen molar-refractivity contribution in [3.63, 3.8) is 0 Å². The van der Waals surface area contributed by atoms with Crippen LogP contribution in [-0.2, 0) is 16.1 Å². The third-order valence-electron chi connectivity index (χ3n) is 5.63. The largest absolute Gasteiger partial charge is 0.493 e. The molecule has 0 aliphatic heterocycles. The number of aryl methyl sites for hydroxylation is 1. The van der Waals surface area contributed by atoms with Gasteiger partial charge in [0.05, 0.1) is 6.61 Å². The van der Waals surface area contributed by atoms with Crippen LogP contribution in [0.4, 0.5) is 10.5 Å². The van der Waals surface area contributed by atoms with Crippen molar-refractivity contribution in [2.24, 2.45) is 5.73 Å². The number of aromatic nitrogens is 1. The van der Waals surface area contributed by atoms with Crippen molar-refractivity contribution in [1.82, 2.24) is 20.7 Å². The first-order valence-corrected chi connectivity index (χ1v) is 12.4. The number of anilines is 1. The summed E-state index contributed by atoms with van der Waals surface area (Å²) in [6.07, 6.45) is -0.502. The van der Waals surface area contributed by atoms with Crippen LogP contribution in [0.15, 0.2) is 60.7 Å². The topological polar surface area (TPSA) is 172 Å². The van der Waals surface area contributed by atoms with Crippen molar-refractivity contribution >= 4 is 29.4 Å². The van der Waals surface area contributed by atoms with Crippen LogP contribution < -0.4 is 26.6 Å². The molecule has 0 saturated carbocycles. The van der Waals surface area contributed by atoms with E-state index in [0.29, 0.717) is 40.4 Å². The molecule has 0 radical (unpaired) electrons. The Kier molecular flexibility index (Phi) is 10.0. The molecule has 0 aliphatic carbocycles. The van der Waals surface area contributed by atoms with E-state index in [4.69, 9.17) is 20.6 Å². The number of benzene rings is 2. The molecule has 3 amide bonds. The van der Waals surface area contributed by atoms with Crippen molar-refractivity contribution in [2.45, 2.75) is 26.5 Å². The molecule has 12 nitrogen and oxygen atoms in total. The summed E-state index contributed by atoms with van der Waals surface area (Å²) >= 11 is 0. The third kappa shape index (κ3) is 7.93. The number of nitrogens with two attached hydrogens (primary N) is 1. The van der Waals surface area contributed by atoms with Crippen molar-refractivity contribution in [1.29, 1.82) is 5.41 Å². The van der Waals surface area contributed by atoms with Crippen LogP contribution in [0.1, 0.15) is 45.8 Å². The molecule has 1 heterocycles. The number of carbonyl (C=O) groups is 3. The lowest BCUT2D eigenvalue weighted by molar-refractivity contribution is -0.122. The van der Waals surface area contributed by atoms with Gasteiger partial charge in [-0.25, -0.2) is 9.78 Å². The van der Waals surface area contributed by atoms with E-state index in [2.05, 4.69) is 21.2 Å². The fourth-order valence-corrected chi connectivity index (χ4v) is 3.57. The molecular weight excluding hydrogens is 514 g/mol. The van der Waals surface area contributed by atoms with Gasteiger partial charge < -0.3 is 25.4 Å². The highest BCUT2D eigenvalue weighted by Gasteiger charge is 2.24. The highest BCUT2D eigenvalue weighted by atomic mass is 16.6. The van der Waals surface area contributed by atoms with Crippen LogP contribution in [0, 0.1) is 12.3 Å². The van der Waals surface area contributed by atoms with Gasteiger partial charge in [0.1, 0.15) is 29.9 Å². The number of hydrazine groups is 1. The Labute approximate surface area is 232 Å². The minimum Gasteiger partial charge on any atom is -0.493 e. The maximum Gasteiger partial charge on any atom is 0.409 e. The second-order valence-electron chi connectivity index (χ2n) is 8.93. The average molecular weight is 548 g/mol. The number of amides is 3. The molecular formula is C28H33N7O5. The fourth-order valence-electron chi connectivity index (χ4n) is 3.57. The van der Waals surface area contributed by atoms with E-state index >= 15 is 0 Å². The van der Waals surface area contributed by atoms with Crippen LogP contribution in [0.5, 0.6) is 5.75 Å². The second-order valence-corrected chi connectivity index (χ2v) is 8.93. The van der Waals surface area contributed by atoms with Crippen LogP contribution in [0.2, 0.25) is 0 Å². The Morgan fingerprint density at radius 2 is 1.77 bits per heavy atom. The van der Waals surface area contributed by atoms with Crippen molar-refractivity contribution in [3.8, 4) is 5.75 Å². The Hall–Kier alpha value is -5.13. The zero-order valence-corrected chi connectivity index (χ0v) is 22.8. The molecule has 0 spiro atoms. The second kappa shape index (κ2) is 13.6. The molecule has 40 heavy (non-hydrogen) atoms. The summed E-state index contributed by atoms with van der Waals surface area (Å²) in [5.41, 5.74) is 13.5. The van der Waals surface area contributed by atoms with Crippen LogP contribution in [0.3, 0.4) is 0 Å². The van der Waals surface area contributed by atoms with Crippen molar-refractivity contribution < 1.29 is 23.9 Å². The molecule has 3 aromatic rings. The van der Waals surface area contributed by atoms with Gasteiger partial charge in [0.25, 0.3) is 11.8 Å². The van der Waals surface area contributed by atoms with Gasteiger partial charge in [-0.2, -0.15) is 0 Å². The SMILES string of the molecule is CCOc1cc(C(Nc2ccc(C(=N)N)cc2)C(=O)NNC(=O)c2cccc(C)n2)ccc1COC(=O)N(C)C. The monoisotopic (exact) mass is 547 g/mol. The fraction of sp³-hybridized carbons (Fsp3) is 0.250. The molecule has 12 heteroatoms. The highest BCUT2D eigenvalue weighted by Crippen LogP contribution is 2.28. The highest BCUT2D eigenvalue weighted by molar-refractivity contribution is 5.96. The number of nitrogens with one attached hydrogen (secondary N) is 4. The molecule has 0 fully saturated rings. The van der Waals surface area contributed by atoms with Crippen LogP contribution >= 0.6 is 0 Å². The number of pyridine rings is 1. The van der Waals surface area contributed by atoms with Gasteiger partial charge in [-0.05, 0) is 61.9 Å². The van der Waals surface area contributed by atoms with E-state index in [1.807, 2.05) is 6.92 Å². The number of carbonyl (C=O) groups excluding carboxylic acids is 3. The summed E-state index contributed by atoms with van der Waals surface area (Å²) < 4.78 is 11.1. The summed E-state index contributed by atoms with van der Waals surface area (Å²) in [4.78, 5) is 43.4. The summed E-state index contributed by atoms with van der Waals surface area (Å²) in [5.74, 6) is -0.785. The average Bonchev–Trinajstić information content (AvgIpc) is 2.93. The lowest BCUT2D eigenvalue weighted by atomic mass is 10.0. The van der Waals surface area contributed by atoms with E-state index in [0.717, 1.165) is 0 Å². The lowest BCUT2D eigenvalue weighted by Gasteiger charge is -2.22. The minimum absolute atomic E-state index is 0.0248. The predicted octanol–water partition coefficient (Wildman–Crippen LogP) is 2.89. The van der Waals surface area contributed by atoms with Gasteiger partial charge in [-0.1, -0.05) is 18.2 Å². The number of amidine groups is 1. The van der Waals surface area contributed by atoms with Gasteiger partial charge >= 0.3 is 6.09 Å². The van der Waals surface area contributed by atoms with E-state index < -0.39 is 23.9 Å². The lowest BCUT2D eigenvalue weighted by Crippen LogP contribution is -2.45. The third-order valence-corrected chi connectivity index (χ3v) is 5.63. The molecule has 0 saturated heterocycles. The van der Waals surface area contributed by atoms with Gasteiger partial charge in [0.15, 0.2) is 0 Å². The number of ether oxygens (including phenoxy) is 2. The number of nitrogen functional groups attached to an aromatic ring is 1. The van der Waals surface area contributed by atoms with Crippen molar-refractivity contribution in [3.05, 3.63) is 88.7 Å². The maximum atomic E-state index is 13.4. The number of rotatable bonds is 10. The summed E-state index contributed by atoms with van der Waals surface area (Å²) in [7, 11) is 3.17. The van der Waals surface area contributed by atoms with Crippen molar-refractivity contribution in [2.75, 3.05) is 26.0 Å². The van der Waals surface area contributed by atoms with Crippen LogP contribution in [-0.4, -0.2) is 54.3 Å². The molecule has 1 atom stereocenters. The first kappa shape index (κ1) is 29.4. The zero-order chi connectivity index (χ0) is 29.2. The Morgan fingerprint density at radius 3 is 2.40 bits per heavy atom. The normalized spacial score (nSPS) is 11.1. The maximum absolute atomic E-state index is 13.4. The van der Waals surface area contributed by atoms with Gasteiger partial charge in [0.2, 0.25) is 0 Å². The molecule has 0 bridgehead atoms. The molecule has 1 unspecified atom stereocenters. The first-order valence-electron chi connectivity index (χ1n) is 12.4. The smallest absolute Gasteiger partial charge is 0.409 e. The van der Waals surface area contributed by atoms with Gasteiger partial charge in [-0.15, -0.1) is 0 Å². The molecule has 0 aliphatic rings. The van der Waals surface area contributed by atoms with Gasteiger partial charge in [0, 0.05) is 36.6 Å². The molecule has 6 N–H and O–H groups in total. The predicted molar refractivity (Wildman–Crippen MR) is 150 cm³/mol. The number of nitrogens with zero attached hydrogens (tertiary/aromatic N) is 2. The number of hydrogen-bond donors (Lipinski definition) is 5. The van der Waals surface area contributed by atoms with E-state index in [1.165, 1.54) is 11.0 Å². The summed E-state index contributed by atoms with van der Waals surface area (Å²) in [6.45, 7) is 3.89. The number of hydrogen-bond acceptors (Lipinski definition) is 8. The first-order chi connectivity index (χ1) is 19.1. The molecule has 210 valence electrons. The van der Waals surface area contributed by atoms with E-state index in [1.54, 1.807) is 75.6 Å². The standard InChI is InChI=1S/C28H33N7O5/c1-5-39-23-15-19(9-10-20(23)16-40-28(38)35(3)4)24(32-21-13-11-18(12-14-21)25(29)30)27(37)34-33-26(36)22-8-6-7-17(2)31-22/h6-15,24,32H,5,16H2,1-4H3,(H3,29,30)(H,33,36)(H,34,37). The van der Waals surface area contributed by atoms with Crippen LogP contribution in [0.25, 0.3) is 0 Å². The zero-order valence-electron chi connectivity index (χ0n) is 22.8. The minimum atomic E-state index is -0.980. The quantitative estimate of drug-likeness (QED) is 0.146. The molecule has 2 aromatic carbocycles. The molecule has 3 rings (SSSR count). The Morgan fingerprint density at radius 1 is 1.05 bits per heavy atom. The van der Waals surface area contributed by atoms with E-state index in [9.17, 15) is 14.4 Å². The molecule has 1 aromatic heterocycles. The van der Waals surface area contributed by atoms with Gasteiger partial charge in [-0.3, -0.25) is 25.8 Å². The Bertz CT molecular complexity index is 1380. The summed E-state index contributed by atoms with van der Waals surface area (Å²) in [6, 6.07) is 15.8. The van der Waals surface area contributed by atoms with E-state index in [-0.39, 0.29) is 18.1 Å². The summed E-state index contributed by atoms with van der Waals surface area (Å²) in [5, 5.41) is 10.7.